The summed E-state index contributed by atoms with van der Waals surface area (Å²) in [7, 11) is 0. The molecule has 4 nitrogen and oxygen atoms in total. The molecule has 0 fully saturated rings. The maximum absolute atomic E-state index is 9.46. The van der Waals surface area contributed by atoms with Crippen molar-refractivity contribution in [2.75, 3.05) is 0 Å². The molecule has 102 valence electrons. The third-order valence-electron chi connectivity index (χ3n) is 3.55. The predicted octanol–water partition coefficient (Wildman–Crippen LogP) is 2.97. The second-order valence-corrected chi connectivity index (χ2v) is 4.84. The molecule has 0 aliphatic carbocycles. The molecule has 2 rings (SSSR count). The summed E-state index contributed by atoms with van der Waals surface area (Å²) in [6, 6.07) is 8.18. The van der Waals surface area contributed by atoms with Crippen LogP contribution in [-0.2, 0) is 6.61 Å². The molecule has 0 unspecified atom stereocenters. The minimum absolute atomic E-state index is 0.0579. The Kier molecular flexibility index (Phi) is 4.32. The molecule has 0 atom stereocenters. The van der Waals surface area contributed by atoms with E-state index < -0.39 is 0 Å². The Labute approximate surface area is 114 Å². The van der Waals surface area contributed by atoms with Crippen molar-refractivity contribution in [2.24, 2.45) is 0 Å². The number of hydrogen-bond donors (Lipinski definition) is 1. The van der Waals surface area contributed by atoms with Crippen molar-refractivity contribution < 1.29 is 5.11 Å². The molecule has 0 saturated carbocycles. The topological polar surface area (TPSA) is 50.9 Å². The van der Waals surface area contributed by atoms with E-state index in [0.717, 1.165) is 24.2 Å². The van der Waals surface area contributed by atoms with E-state index >= 15 is 0 Å². The standard InChI is InChI=1S/C15H21N3O/c1-4-12(5-2)15-14(10-19)16-17-18(15)13-8-6-7-11(3)9-13/h6-9,12,19H,4-5,10H2,1-3H3. The van der Waals surface area contributed by atoms with Crippen LogP contribution in [0.2, 0.25) is 0 Å². The van der Waals surface area contributed by atoms with E-state index in [2.05, 4.69) is 43.2 Å². The van der Waals surface area contributed by atoms with Gasteiger partial charge in [-0.2, -0.15) is 0 Å². The Balaban J connectivity index is 2.54. The number of hydrogen-bond acceptors (Lipinski definition) is 3. The van der Waals surface area contributed by atoms with Gasteiger partial charge in [0.25, 0.3) is 0 Å². The Hall–Kier alpha value is -1.68. The van der Waals surface area contributed by atoms with Gasteiger partial charge in [0.2, 0.25) is 0 Å². The highest BCUT2D eigenvalue weighted by atomic mass is 16.3. The highest BCUT2D eigenvalue weighted by Gasteiger charge is 2.20. The molecular formula is C15H21N3O. The molecule has 0 spiro atoms. The van der Waals surface area contributed by atoms with Crippen molar-refractivity contribution in [1.82, 2.24) is 15.0 Å². The van der Waals surface area contributed by atoms with E-state index in [1.54, 1.807) is 0 Å². The van der Waals surface area contributed by atoms with Gasteiger partial charge in [0, 0.05) is 5.92 Å². The quantitative estimate of drug-likeness (QED) is 0.898. The summed E-state index contributed by atoms with van der Waals surface area (Å²) in [5.41, 5.74) is 3.93. The lowest BCUT2D eigenvalue weighted by atomic mass is 9.97. The van der Waals surface area contributed by atoms with Crippen molar-refractivity contribution in [1.29, 1.82) is 0 Å². The first-order valence-corrected chi connectivity index (χ1v) is 6.83. The zero-order valence-corrected chi connectivity index (χ0v) is 11.8. The number of aryl methyl sites for hydroxylation is 1. The van der Waals surface area contributed by atoms with Gasteiger partial charge in [-0.25, -0.2) is 4.68 Å². The van der Waals surface area contributed by atoms with Crippen LogP contribution in [0.25, 0.3) is 5.69 Å². The van der Waals surface area contributed by atoms with Crippen molar-refractivity contribution in [3.05, 3.63) is 41.2 Å². The summed E-state index contributed by atoms with van der Waals surface area (Å²) in [6.45, 7) is 6.31. The summed E-state index contributed by atoms with van der Waals surface area (Å²) >= 11 is 0. The van der Waals surface area contributed by atoms with E-state index in [1.807, 2.05) is 16.8 Å². The van der Waals surface area contributed by atoms with Crippen molar-refractivity contribution in [3.8, 4) is 5.69 Å². The normalized spacial score (nSPS) is 11.2. The van der Waals surface area contributed by atoms with Crippen molar-refractivity contribution in [2.45, 2.75) is 46.1 Å². The fourth-order valence-electron chi connectivity index (χ4n) is 2.47. The zero-order chi connectivity index (χ0) is 13.8. The number of aliphatic hydroxyl groups is 1. The van der Waals surface area contributed by atoms with E-state index in [9.17, 15) is 5.11 Å². The van der Waals surface area contributed by atoms with Crippen LogP contribution < -0.4 is 0 Å². The molecule has 0 aliphatic heterocycles. The first-order valence-electron chi connectivity index (χ1n) is 6.83. The minimum atomic E-state index is -0.0579. The average Bonchev–Trinajstić information content (AvgIpc) is 2.84. The summed E-state index contributed by atoms with van der Waals surface area (Å²) in [6.07, 6.45) is 2.03. The number of nitrogens with zero attached hydrogens (tertiary/aromatic N) is 3. The number of benzene rings is 1. The molecule has 0 saturated heterocycles. The molecule has 2 aromatic rings. The molecule has 1 N–H and O–H groups in total. The maximum Gasteiger partial charge on any atom is 0.112 e. The predicted molar refractivity (Wildman–Crippen MR) is 75.3 cm³/mol. The fourth-order valence-corrected chi connectivity index (χ4v) is 2.47. The van der Waals surface area contributed by atoms with Crippen LogP contribution in [0.15, 0.2) is 24.3 Å². The first-order chi connectivity index (χ1) is 9.21. The molecule has 4 heteroatoms. The molecule has 1 aromatic carbocycles. The van der Waals surface area contributed by atoms with Crippen LogP contribution >= 0.6 is 0 Å². The SMILES string of the molecule is CCC(CC)c1c(CO)nnn1-c1cccc(C)c1. The lowest BCUT2D eigenvalue weighted by Gasteiger charge is -2.15. The van der Waals surface area contributed by atoms with Crippen LogP contribution in [0, 0.1) is 6.92 Å². The number of aliphatic hydroxyl groups excluding tert-OH is 1. The average molecular weight is 259 g/mol. The summed E-state index contributed by atoms with van der Waals surface area (Å²) in [5, 5.41) is 17.8. The summed E-state index contributed by atoms with van der Waals surface area (Å²) in [4.78, 5) is 0. The van der Waals surface area contributed by atoms with E-state index in [4.69, 9.17) is 0 Å². The number of rotatable bonds is 5. The lowest BCUT2D eigenvalue weighted by molar-refractivity contribution is 0.274. The Morgan fingerprint density at radius 3 is 2.58 bits per heavy atom. The first kappa shape index (κ1) is 13.7. The van der Waals surface area contributed by atoms with Crippen LogP contribution in [0.3, 0.4) is 0 Å². The van der Waals surface area contributed by atoms with Gasteiger partial charge in [-0.05, 0) is 37.5 Å². The van der Waals surface area contributed by atoms with Crippen molar-refractivity contribution in [3.63, 3.8) is 0 Å². The minimum Gasteiger partial charge on any atom is -0.390 e. The summed E-state index contributed by atoms with van der Waals surface area (Å²) in [5.74, 6) is 0.373. The monoisotopic (exact) mass is 259 g/mol. The second kappa shape index (κ2) is 5.97. The maximum atomic E-state index is 9.46. The van der Waals surface area contributed by atoms with Gasteiger partial charge in [0.05, 0.1) is 18.0 Å². The van der Waals surface area contributed by atoms with Crippen molar-refractivity contribution >= 4 is 0 Å². The molecule has 0 aliphatic rings. The van der Waals surface area contributed by atoms with E-state index in [-0.39, 0.29) is 6.61 Å². The highest BCUT2D eigenvalue weighted by molar-refractivity contribution is 5.37. The Morgan fingerprint density at radius 2 is 2.00 bits per heavy atom. The van der Waals surface area contributed by atoms with E-state index in [0.29, 0.717) is 11.6 Å². The molecule has 0 bridgehead atoms. The molecule has 1 heterocycles. The van der Waals surface area contributed by atoms with Crippen LogP contribution in [-0.4, -0.2) is 20.1 Å². The Morgan fingerprint density at radius 1 is 1.26 bits per heavy atom. The van der Waals surface area contributed by atoms with Gasteiger partial charge in [0.15, 0.2) is 0 Å². The lowest BCUT2D eigenvalue weighted by Crippen LogP contribution is -2.09. The van der Waals surface area contributed by atoms with E-state index in [1.165, 1.54) is 5.56 Å². The highest BCUT2D eigenvalue weighted by Crippen LogP contribution is 2.27. The van der Waals surface area contributed by atoms with Gasteiger partial charge in [-0.15, -0.1) is 5.10 Å². The van der Waals surface area contributed by atoms with Crippen LogP contribution in [0.1, 0.15) is 49.6 Å². The summed E-state index contributed by atoms with van der Waals surface area (Å²) < 4.78 is 1.87. The van der Waals surface area contributed by atoms with Crippen LogP contribution in [0.4, 0.5) is 0 Å². The molecule has 1 aromatic heterocycles. The molecular weight excluding hydrogens is 238 g/mol. The zero-order valence-electron chi connectivity index (χ0n) is 11.8. The molecule has 19 heavy (non-hydrogen) atoms. The molecule has 0 radical (unpaired) electrons. The van der Waals surface area contributed by atoms with Gasteiger partial charge >= 0.3 is 0 Å². The smallest absolute Gasteiger partial charge is 0.112 e. The van der Waals surface area contributed by atoms with Crippen LogP contribution in [0.5, 0.6) is 0 Å². The van der Waals surface area contributed by atoms with Gasteiger partial charge in [-0.1, -0.05) is 31.2 Å². The van der Waals surface area contributed by atoms with Gasteiger partial charge < -0.3 is 5.11 Å². The fraction of sp³-hybridized carbons (Fsp3) is 0.467. The van der Waals surface area contributed by atoms with Gasteiger partial charge in [-0.3, -0.25) is 0 Å². The van der Waals surface area contributed by atoms with Gasteiger partial charge in [0.1, 0.15) is 5.69 Å². The Bertz CT molecular complexity index is 544. The third-order valence-corrected chi connectivity index (χ3v) is 3.55. The second-order valence-electron chi connectivity index (χ2n) is 4.84. The molecule has 0 amide bonds. The third kappa shape index (κ3) is 2.68. The largest absolute Gasteiger partial charge is 0.390 e. The number of aromatic nitrogens is 3.